The van der Waals surface area contributed by atoms with E-state index in [1.807, 2.05) is 19.1 Å². The number of anilines is 1. The highest BCUT2D eigenvalue weighted by Gasteiger charge is 2.05. The summed E-state index contributed by atoms with van der Waals surface area (Å²) in [6, 6.07) is 5.42. The van der Waals surface area contributed by atoms with E-state index in [-0.39, 0.29) is 5.91 Å². The van der Waals surface area contributed by atoms with Crippen molar-refractivity contribution in [2.24, 2.45) is 0 Å². The topological polar surface area (TPSA) is 67.2 Å². The van der Waals surface area contributed by atoms with Gasteiger partial charge in [-0.05, 0) is 18.7 Å². The second-order valence-electron chi connectivity index (χ2n) is 3.74. The van der Waals surface area contributed by atoms with E-state index in [0.717, 1.165) is 17.7 Å². The van der Waals surface area contributed by atoms with E-state index in [4.69, 9.17) is 4.42 Å². The van der Waals surface area contributed by atoms with Crippen molar-refractivity contribution in [3.63, 3.8) is 0 Å². The van der Waals surface area contributed by atoms with Crippen LogP contribution in [0, 0.1) is 6.92 Å². The molecule has 1 heterocycles. The van der Waals surface area contributed by atoms with Crippen molar-refractivity contribution in [1.29, 1.82) is 0 Å². The predicted molar refractivity (Wildman–Crippen MR) is 65.9 cm³/mol. The van der Waals surface area contributed by atoms with Crippen LogP contribution in [0.3, 0.4) is 0 Å². The number of amides is 1. The number of hydrogen-bond donors (Lipinski definition) is 2. The lowest BCUT2D eigenvalue weighted by molar-refractivity contribution is -0.115. The lowest BCUT2D eigenvalue weighted by atomic mass is 10.3. The highest BCUT2D eigenvalue weighted by atomic mass is 16.3. The molecule has 90 valence electrons. The van der Waals surface area contributed by atoms with Crippen LogP contribution in [0.2, 0.25) is 0 Å². The first-order valence-electron chi connectivity index (χ1n) is 5.57. The number of carbonyl (C=O) groups excluding carboxylic acids is 1. The van der Waals surface area contributed by atoms with E-state index < -0.39 is 0 Å². The number of oxazole rings is 1. The van der Waals surface area contributed by atoms with Crippen LogP contribution in [0.1, 0.15) is 12.8 Å². The number of fused-ring (bicyclic) bond motifs is 1. The predicted octanol–water partition coefficient (Wildman–Crippen LogP) is 1.68. The molecule has 0 unspecified atom stereocenters. The van der Waals surface area contributed by atoms with Crippen molar-refractivity contribution in [2.75, 3.05) is 18.4 Å². The van der Waals surface area contributed by atoms with Crippen LogP contribution in [-0.4, -0.2) is 24.0 Å². The zero-order chi connectivity index (χ0) is 12.3. The molecule has 2 aromatic rings. The summed E-state index contributed by atoms with van der Waals surface area (Å²) < 4.78 is 5.39. The van der Waals surface area contributed by atoms with Crippen LogP contribution >= 0.6 is 0 Å². The summed E-state index contributed by atoms with van der Waals surface area (Å²) in [5, 5.41) is 5.75. The molecule has 2 N–H and O–H groups in total. The fourth-order valence-corrected chi connectivity index (χ4v) is 1.56. The Labute approximate surface area is 99.2 Å². The summed E-state index contributed by atoms with van der Waals surface area (Å²) in [6.45, 7) is 4.83. The van der Waals surface area contributed by atoms with E-state index >= 15 is 0 Å². The third kappa shape index (κ3) is 2.82. The molecule has 0 aliphatic rings. The average molecular weight is 233 g/mol. The van der Waals surface area contributed by atoms with Gasteiger partial charge in [0.15, 0.2) is 11.5 Å². The molecule has 1 aromatic carbocycles. The minimum atomic E-state index is -0.0672. The third-order valence-electron chi connectivity index (χ3n) is 2.31. The molecule has 0 aliphatic heterocycles. The van der Waals surface area contributed by atoms with Gasteiger partial charge in [-0.3, -0.25) is 4.79 Å². The monoisotopic (exact) mass is 233 g/mol. The van der Waals surface area contributed by atoms with Gasteiger partial charge in [-0.2, -0.15) is 0 Å². The quantitative estimate of drug-likeness (QED) is 0.843. The van der Waals surface area contributed by atoms with E-state index in [2.05, 4.69) is 15.6 Å². The van der Waals surface area contributed by atoms with Crippen molar-refractivity contribution in [2.45, 2.75) is 13.8 Å². The largest absolute Gasteiger partial charge is 0.441 e. The van der Waals surface area contributed by atoms with E-state index in [1.165, 1.54) is 0 Å². The maximum absolute atomic E-state index is 11.5. The molecule has 0 radical (unpaired) electrons. The fourth-order valence-electron chi connectivity index (χ4n) is 1.56. The van der Waals surface area contributed by atoms with Gasteiger partial charge in [0.2, 0.25) is 5.91 Å². The molecule has 0 saturated heterocycles. The van der Waals surface area contributed by atoms with Crippen LogP contribution in [0.25, 0.3) is 11.1 Å². The fraction of sp³-hybridized carbons (Fsp3) is 0.333. The smallest absolute Gasteiger partial charge is 0.238 e. The zero-order valence-corrected chi connectivity index (χ0v) is 9.91. The number of nitrogens with zero attached hydrogens (tertiary/aromatic N) is 1. The number of rotatable bonds is 4. The van der Waals surface area contributed by atoms with E-state index in [1.54, 1.807) is 13.0 Å². The summed E-state index contributed by atoms with van der Waals surface area (Å²) in [5.74, 6) is 0.554. The Morgan fingerprint density at radius 1 is 1.47 bits per heavy atom. The van der Waals surface area contributed by atoms with Gasteiger partial charge in [-0.25, -0.2) is 4.98 Å². The van der Waals surface area contributed by atoms with E-state index in [0.29, 0.717) is 18.0 Å². The van der Waals surface area contributed by atoms with E-state index in [9.17, 15) is 4.79 Å². The first-order chi connectivity index (χ1) is 8.19. The third-order valence-corrected chi connectivity index (χ3v) is 2.31. The number of nitrogens with one attached hydrogen (secondary N) is 2. The molecule has 0 bridgehead atoms. The van der Waals surface area contributed by atoms with Crippen LogP contribution in [0.5, 0.6) is 0 Å². The van der Waals surface area contributed by atoms with Crippen molar-refractivity contribution in [3.05, 3.63) is 24.1 Å². The van der Waals surface area contributed by atoms with Gasteiger partial charge < -0.3 is 15.1 Å². The molecule has 1 aromatic heterocycles. The Hall–Kier alpha value is -1.88. The summed E-state index contributed by atoms with van der Waals surface area (Å²) in [5.41, 5.74) is 2.20. The van der Waals surface area contributed by atoms with Crippen LogP contribution < -0.4 is 10.6 Å². The van der Waals surface area contributed by atoms with Crippen molar-refractivity contribution >= 4 is 22.7 Å². The molecule has 5 heteroatoms. The van der Waals surface area contributed by atoms with Crippen LogP contribution in [-0.2, 0) is 4.79 Å². The van der Waals surface area contributed by atoms with Crippen molar-refractivity contribution < 1.29 is 9.21 Å². The Balaban J connectivity index is 2.10. The molecular weight excluding hydrogens is 218 g/mol. The van der Waals surface area contributed by atoms with Crippen LogP contribution in [0.4, 0.5) is 5.69 Å². The lowest BCUT2D eigenvalue weighted by Crippen LogP contribution is -2.27. The molecular formula is C12H15N3O2. The Morgan fingerprint density at radius 2 is 2.29 bits per heavy atom. The van der Waals surface area contributed by atoms with Gasteiger partial charge >= 0.3 is 0 Å². The number of aromatic nitrogens is 1. The number of likely N-dealkylation sites (N-methyl/N-ethyl adjacent to an activating group) is 1. The molecule has 0 saturated carbocycles. The minimum Gasteiger partial charge on any atom is -0.441 e. The normalized spacial score (nSPS) is 10.7. The number of aryl methyl sites for hydroxylation is 1. The highest BCUT2D eigenvalue weighted by Crippen LogP contribution is 2.19. The Morgan fingerprint density at radius 3 is 3.06 bits per heavy atom. The van der Waals surface area contributed by atoms with Crippen molar-refractivity contribution in [1.82, 2.24) is 10.3 Å². The second-order valence-corrected chi connectivity index (χ2v) is 3.74. The van der Waals surface area contributed by atoms with Gasteiger partial charge in [0.25, 0.3) is 0 Å². The summed E-state index contributed by atoms with van der Waals surface area (Å²) in [4.78, 5) is 15.7. The van der Waals surface area contributed by atoms with Gasteiger partial charge in [-0.15, -0.1) is 0 Å². The summed E-state index contributed by atoms with van der Waals surface area (Å²) in [6.07, 6.45) is 0. The zero-order valence-electron chi connectivity index (χ0n) is 9.91. The molecule has 0 spiro atoms. The minimum absolute atomic E-state index is 0.0672. The molecule has 17 heavy (non-hydrogen) atoms. The maximum atomic E-state index is 11.5. The van der Waals surface area contributed by atoms with Crippen molar-refractivity contribution in [3.8, 4) is 0 Å². The van der Waals surface area contributed by atoms with Gasteiger partial charge in [0.1, 0.15) is 5.52 Å². The number of benzene rings is 1. The Bertz CT molecular complexity index is 534. The average Bonchev–Trinajstić information content (AvgIpc) is 2.65. The highest BCUT2D eigenvalue weighted by molar-refractivity contribution is 5.93. The SMILES string of the molecule is CCNCC(=O)Nc1ccc2nc(C)oc2c1. The molecule has 0 aliphatic carbocycles. The number of hydrogen-bond acceptors (Lipinski definition) is 4. The van der Waals surface area contributed by atoms with Gasteiger partial charge in [-0.1, -0.05) is 6.92 Å². The standard InChI is InChI=1S/C12H15N3O2/c1-3-13-7-12(16)15-9-4-5-10-11(6-9)17-8(2)14-10/h4-6,13H,3,7H2,1-2H3,(H,15,16). The summed E-state index contributed by atoms with van der Waals surface area (Å²) >= 11 is 0. The molecule has 0 atom stereocenters. The molecule has 2 rings (SSSR count). The van der Waals surface area contributed by atoms with Gasteiger partial charge in [0.05, 0.1) is 6.54 Å². The van der Waals surface area contributed by atoms with Gasteiger partial charge in [0, 0.05) is 18.7 Å². The number of carbonyl (C=O) groups is 1. The first-order valence-corrected chi connectivity index (χ1v) is 5.57. The molecule has 0 fully saturated rings. The lowest BCUT2D eigenvalue weighted by Gasteiger charge is -2.04. The Kier molecular flexibility index (Phi) is 3.39. The first kappa shape index (κ1) is 11.6. The maximum Gasteiger partial charge on any atom is 0.238 e. The second kappa shape index (κ2) is 4.97. The molecule has 1 amide bonds. The summed E-state index contributed by atoms with van der Waals surface area (Å²) in [7, 11) is 0. The van der Waals surface area contributed by atoms with Crippen LogP contribution in [0.15, 0.2) is 22.6 Å². The molecule has 5 nitrogen and oxygen atoms in total.